The highest BCUT2D eigenvalue weighted by atomic mass is 19.1. The third-order valence-corrected chi connectivity index (χ3v) is 3.24. The first kappa shape index (κ1) is 12.3. The van der Waals surface area contributed by atoms with E-state index in [1.807, 2.05) is 0 Å². The average Bonchev–Trinajstić information content (AvgIpc) is 2.94. The summed E-state index contributed by atoms with van der Waals surface area (Å²) in [5.74, 6) is -0.229. The molecule has 0 aromatic carbocycles. The molecule has 1 aliphatic rings. The lowest BCUT2D eigenvalue weighted by Gasteiger charge is -2.19. The van der Waals surface area contributed by atoms with Crippen LogP contribution in [0.2, 0.25) is 0 Å². The Balaban J connectivity index is 2.14. The van der Waals surface area contributed by atoms with Crippen LogP contribution in [0.25, 0.3) is 0 Å². The predicted octanol–water partition coefficient (Wildman–Crippen LogP) is 3.70. The van der Waals surface area contributed by atoms with Gasteiger partial charge in [0, 0.05) is 16.5 Å². The Kier molecular flexibility index (Phi) is 2.88. The first-order chi connectivity index (χ1) is 7.80. The molecule has 1 saturated carbocycles. The molecule has 0 saturated heterocycles. The van der Waals surface area contributed by atoms with Crippen molar-refractivity contribution < 1.29 is 9.13 Å². The molecule has 0 radical (unpaired) electrons. The first-order valence-corrected chi connectivity index (χ1v) is 6.10. The normalized spacial score (nSPS) is 17.9. The van der Waals surface area contributed by atoms with Crippen LogP contribution in [0.1, 0.15) is 46.2 Å². The number of nitrogens with zero attached hydrogens (tertiary/aromatic N) is 1. The summed E-state index contributed by atoms with van der Waals surface area (Å²) in [6.45, 7) is 8.88. The lowest BCUT2D eigenvalue weighted by Crippen LogP contribution is -2.16. The second-order valence-electron chi connectivity index (χ2n) is 6.33. The van der Waals surface area contributed by atoms with Gasteiger partial charge in [-0.1, -0.05) is 27.7 Å². The molecule has 0 atom stereocenters. The molecule has 0 N–H and O–H groups in total. The second kappa shape index (κ2) is 3.97. The Labute approximate surface area is 102 Å². The fraction of sp³-hybridized carbons (Fsp3) is 0.643. The summed E-state index contributed by atoms with van der Waals surface area (Å²) in [5.41, 5.74) is 1.01. The van der Waals surface area contributed by atoms with Crippen molar-refractivity contribution in [3.8, 4) is 5.88 Å². The minimum Gasteiger partial charge on any atom is -0.475 e. The van der Waals surface area contributed by atoms with Gasteiger partial charge in [0.1, 0.15) is 0 Å². The Morgan fingerprint density at radius 2 is 2.00 bits per heavy atom. The third-order valence-electron chi connectivity index (χ3n) is 3.24. The molecular weight excluding hydrogens is 217 g/mol. The van der Waals surface area contributed by atoms with Gasteiger partial charge >= 0.3 is 0 Å². The monoisotopic (exact) mass is 237 g/mol. The van der Waals surface area contributed by atoms with Gasteiger partial charge < -0.3 is 4.74 Å². The van der Waals surface area contributed by atoms with Crippen molar-refractivity contribution in [1.82, 2.24) is 4.98 Å². The van der Waals surface area contributed by atoms with E-state index >= 15 is 0 Å². The number of pyridine rings is 1. The van der Waals surface area contributed by atoms with Gasteiger partial charge in [-0.2, -0.15) is 0 Å². The van der Waals surface area contributed by atoms with Crippen LogP contribution in [-0.4, -0.2) is 11.6 Å². The van der Waals surface area contributed by atoms with Crippen molar-refractivity contribution >= 4 is 0 Å². The first-order valence-electron chi connectivity index (χ1n) is 6.10. The Hall–Kier alpha value is -1.12. The summed E-state index contributed by atoms with van der Waals surface area (Å²) in [5, 5.41) is 0. The maximum absolute atomic E-state index is 13.6. The van der Waals surface area contributed by atoms with Crippen molar-refractivity contribution in [2.24, 2.45) is 5.41 Å². The molecule has 1 aromatic rings. The molecule has 0 unspecified atom stereocenters. The zero-order valence-corrected chi connectivity index (χ0v) is 11.0. The Morgan fingerprint density at radius 3 is 2.53 bits per heavy atom. The van der Waals surface area contributed by atoms with Crippen LogP contribution in [0.4, 0.5) is 4.39 Å². The highest BCUT2D eigenvalue weighted by molar-refractivity contribution is 5.22. The molecular formula is C14H20FNO. The molecule has 0 amide bonds. The summed E-state index contributed by atoms with van der Waals surface area (Å²) >= 11 is 0. The Bertz CT molecular complexity index is 419. The number of rotatable bonds is 3. The highest BCUT2D eigenvalue weighted by Gasteiger charge is 2.38. The fourth-order valence-electron chi connectivity index (χ4n) is 1.54. The minimum atomic E-state index is -0.373. The molecule has 0 aliphatic heterocycles. The third kappa shape index (κ3) is 2.96. The van der Waals surface area contributed by atoms with Gasteiger partial charge in [0.15, 0.2) is 5.82 Å². The summed E-state index contributed by atoms with van der Waals surface area (Å²) in [6.07, 6.45) is 2.32. The van der Waals surface area contributed by atoms with Crippen LogP contribution in [0.15, 0.2) is 12.1 Å². The molecule has 1 heterocycles. The maximum atomic E-state index is 13.6. The van der Waals surface area contributed by atoms with E-state index in [4.69, 9.17) is 4.74 Å². The largest absolute Gasteiger partial charge is 0.475 e. The van der Waals surface area contributed by atoms with Crippen molar-refractivity contribution in [3.05, 3.63) is 23.6 Å². The van der Waals surface area contributed by atoms with E-state index in [1.54, 1.807) is 6.07 Å². The number of hydrogen-bond acceptors (Lipinski definition) is 2. The Morgan fingerprint density at radius 1 is 1.35 bits per heavy atom. The van der Waals surface area contributed by atoms with Crippen LogP contribution in [0, 0.1) is 11.2 Å². The lowest BCUT2D eigenvalue weighted by atomic mass is 9.92. The minimum absolute atomic E-state index is 0.0880. The van der Waals surface area contributed by atoms with E-state index in [9.17, 15) is 4.39 Å². The maximum Gasteiger partial charge on any atom is 0.250 e. The van der Waals surface area contributed by atoms with Crippen molar-refractivity contribution in [2.75, 3.05) is 6.61 Å². The summed E-state index contributed by atoms with van der Waals surface area (Å²) in [6, 6.07) is 3.17. The van der Waals surface area contributed by atoms with E-state index in [0.717, 1.165) is 18.5 Å². The van der Waals surface area contributed by atoms with E-state index in [0.29, 0.717) is 6.61 Å². The standard InChI is InChI=1S/C14H20FNO/c1-13(2,3)11-6-5-10(15)12(16-11)17-9-14(4)7-8-14/h5-6H,7-9H2,1-4H3. The molecule has 0 spiro atoms. The molecule has 2 rings (SSSR count). The molecule has 1 aliphatic carbocycles. The van der Waals surface area contributed by atoms with Gasteiger partial charge in [-0.3, -0.25) is 0 Å². The number of halogens is 1. The summed E-state index contributed by atoms with van der Waals surface area (Å²) < 4.78 is 19.1. The van der Waals surface area contributed by atoms with Crippen LogP contribution in [0.3, 0.4) is 0 Å². The molecule has 17 heavy (non-hydrogen) atoms. The predicted molar refractivity (Wildman–Crippen MR) is 65.7 cm³/mol. The van der Waals surface area contributed by atoms with Crippen LogP contribution < -0.4 is 4.74 Å². The van der Waals surface area contributed by atoms with Crippen LogP contribution in [-0.2, 0) is 5.41 Å². The molecule has 0 bridgehead atoms. The van der Waals surface area contributed by atoms with Gasteiger partial charge in [-0.05, 0) is 25.0 Å². The van der Waals surface area contributed by atoms with Gasteiger partial charge in [0.25, 0.3) is 5.88 Å². The molecule has 3 heteroatoms. The van der Waals surface area contributed by atoms with Crippen molar-refractivity contribution in [2.45, 2.75) is 46.0 Å². The smallest absolute Gasteiger partial charge is 0.250 e. The van der Waals surface area contributed by atoms with E-state index < -0.39 is 0 Å². The molecule has 1 aromatic heterocycles. The van der Waals surface area contributed by atoms with E-state index in [-0.39, 0.29) is 22.5 Å². The SMILES string of the molecule is CC1(COc2nc(C(C)(C)C)ccc2F)CC1. The fourth-order valence-corrected chi connectivity index (χ4v) is 1.54. The summed E-state index contributed by atoms with van der Waals surface area (Å²) in [4.78, 5) is 4.28. The van der Waals surface area contributed by atoms with Crippen LogP contribution >= 0.6 is 0 Å². The zero-order chi connectivity index (χ0) is 12.7. The number of ether oxygens (including phenoxy) is 1. The van der Waals surface area contributed by atoms with Gasteiger partial charge in [0.2, 0.25) is 0 Å². The molecule has 1 fully saturated rings. The topological polar surface area (TPSA) is 22.1 Å². The van der Waals surface area contributed by atoms with E-state index in [1.165, 1.54) is 6.07 Å². The van der Waals surface area contributed by atoms with Crippen LogP contribution in [0.5, 0.6) is 5.88 Å². The highest BCUT2D eigenvalue weighted by Crippen LogP contribution is 2.45. The number of hydrogen-bond donors (Lipinski definition) is 0. The number of aromatic nitrogens is 1. The van der Waals surface area contributed by atoms with Gasteiger partial charge in [-0.15, -0.1) is 0 Å². The average molecular weight is 237 g/mol. The zero-order valence-electron chi connectivity index (χ0n) is 11.0. The van der Waals surface area contributed by atoms with Crippen molar-refractivity contribution in [3.63, 3.8) is 0 Å². The second-order valence-corrected chi connectivity index (χ2v) is 6.33. The van der Waals surface area contributed by atoms with Crippen molar-refractivity contribution in [1.29, 1.82) is 0 Å². The van der Waals surface area contributed by atoms with E-state index in [2.05, 4.69) is 32.7 Å². The van der Waals surface area contributed by atoms with Gasteiger partial charge in [0.05, 0.1) is 6.61 Å². The molecule has 2 nitrogen and oxygen atoms in total. The van der Waals surface area contributed by atoms with Gasteiger partial charge in [-0.25, -0.2) is 9.37 Å². The molecule has 94 valence electrons. The quantitative estimate of drug-likeness (QED) is 0.799. The lowest BCUT2D eigenvalue weighted by molar-refractivity contribution is 0.226. The summed E-state index contributed by atoms with van der Waals surface area (Å²) in [7, 11) is 0.